The molecule has 1 fully saturated rings. The molecule has 0 aliphatic carbocycles. The summed E-state index contributed by atoms with van der Waals surface area (Å²) in [6, 6.07) is 13.1. The molecule has 156 valence electrons. The summed E-state index contributed by atoms with van der Waals surface area (Å²) in [6.07, 6.45) is 0.652. The highest BCUT2D eigenvalue weighted by molar-refractivity contribution is 8.15. The highest BCUT2D eigenvalue weighted by Gasteiger charge is 2.38. The molecule has 1 heterocycles. The number of para-hydroxylation sites is 1. The maximum Gasteiger partial charge on any atom is 0.271 e. The average Bonchev–Trinajstić information content (AvgIpc) is 2.99. The van der Waals surface area contributed by atoms with E-state index in [1.54, 1.807) is 4.90 Å². The number of hydrogen-bond donors (Lipinski definition) is 1. The lowest BCUT2D eigenvalue weighted by atomic mass is 10.2. The molecule has 0 spiro atoms. The molecule has 30 heavy (non-hydrogen) atoms. The maximum atomic E-state index is 12.8. The van der Waals surface area contributed by atoms with Crippen molar-refractivity contribution in [2.75, 3.05) is 11.9 Å². The second-order valence-corrected chi connectivity index (χ2v) is 8.08. The third-order valence-electron chi connectivity index (χ3n) is 4.25. The summed E-state index contributed by atoms with van der Waals surface area (Å²) < 4.78 is 0. The van der Waals surface area contributed by atoms with Crippen LogP contribution in [0.2, 0.25) is 5.02 Å². The van der Waals surface area contributed by atoms with Gasteiger partial charge in [0.2, 0.25) is 11.8 Å². The molecule has 2 aromatic rings. The Morgan fingerprint density at radius 3 is 2.70 bits per heavy atom. The zero-order valence-corrected chi connectivity index (χ0v) is 17.7. The van der Waals surface area contributed by atoms with Gasteiger partial charge in [-0.1, -0.05) is 48.5 Å². The number of aliphatic imine (C=N–C) groups is 1. The lowest BCUT2D eigenvalue weighted by molar-refractivity contribution is -0.384. The van der Waals surface area contributed by atoms with Crippen molar-refractivity contribution in [1.82, 2.24) is 4.90 Å². The molecule has 1 aliphatic heterocycles. The van der Waals surface area contributed by atoms with Crippen molar-refractivity contribution in [2.24, 2.45) is 4.99 Å². The van der Waals surface area contributed by atoms with E-state index in [0.717, 1.165) is 12.1 Å². The van der Waals surface area contributed by atoms with Crippen LogP contribution in [0.3, 0.4) is 0 Å². The van der Waals surface area contributed by atoms with E-state index in [1.807, 2.05) is 37.3 Å². The molecule has 1 atom stereocenters. The van der Waals surface area contributed by atoms with Gasteiger partial charge >= 0.3 is 0 Å². The Labute approximate surface area is 182 Å². The van der Waals surface area contributed by atoms with Gasteiger partial charge in [-0.15, -0.1) is 0 Å². The third-order valence-corrected chi connectivity index (χ3v) is 5.76. The first-order valence-electron chi connectivity index (χ1n) is 9.24. The van der Waals surface area contributed by atoms with Gasteiger partial charge in [0, 0.05) is 25.1 Å². The topological polar surface area (TPSA) is 105 Å². The summed E-state index contributed by atoms with van der Waals surface area (Å²) in [5, 5.41) is 13.6. The van der Waals surface area contributed by atoms with Gasteiger partial charge in [-0.25, -0.2) is 4.99 Å². The number of thioether (sulfide) groups is 1. The average molecular weight is 447 g/mol. The number of nitro benzene ring substituents is 1. The normalized spacial score (nSPS) is 17.4. The third kappa shape index (κ3) is 5.17. The van der Waals surface area contributed by atoms with E-state index < -0.39 is 16.1 Å². The molecule has 1 N–H and O–H groups in total. The first-order chi connectivity index (χ1) is 14.4. The minimum Gasteiger partial charge on any atom is -0.325 e. The van der Waals surface area contributed by atoms with Gasteiger partial charge in [0.25, 0.3) is 5.69 Å². The van der Waals surface area contributed by atoms with Crippen LogP contribution in [-0.4, -0.2) is 38.6 Å². The van der Waals surface area contributed by atoms with Crippen LogP contribution in [0, 0.1) is 10.1 Å². The number of carbonyl (C=O) groups excluding carboxylic acids is 2. The SMILES string of the molecule is CCCN1C(=O)C(CC(=O)Nc2cc([N+](=O)[O-])ccc2Cl)SC1=Nc1ccccc1. The standard InChI is InChI=1S/C20H19ClN4O4S/c1-2-10-24-19(27)17(30-20(24)22-13-6-4-3-5-7-13)12-18(26)23-16-11-14(25(28)29)8-9-15(16)21/h3-9,11,17H,2,10,12H2,1H3,(H,23,26). The van der Waals surface area contributed by atoms with Crippen LogP contribution in [0.25, 0.3) is 0 Å². The first kappa shape index (κ1) is 21.8. The fourth-order valence-corrected chi connectivity index (χ4v) is 4.21. The molecule has 10 heteroatoms. The van der Waals surface area contributed by atoms with Crippen LogP contribution in [0.4, 0.5) is 17.1 Å². The van der Waals surface area contributed by atoms with Gasteiger partial charge < -0.3 is 5.32 Å². The molecule has 0 radical (unpaired) electrons. The molecule has 0 saturated carbocycles. The van der Waals surface area contributed by atoms with Crippen molar-refractivity contribution in [3.05, 3.63) is 63.7 Å². The Hall–Kier alpha value is -2.91. The largest absolute Gasteiger partial charge is 0.325 e. The van der Waals surface area contributed by atoms with E-state index in [-0.39, 0.29) is 28.7 Å². The van der Waals surface area contributed by atoms with Gasteiger partial charge in [0.1, 0.15) is 5.25 Å². The van der Waals surface area contributed by atoms with Crippen molar-refractivity contribution < 1.29 is 14.5 Å². The molecule has 1 aliphatic rings. The Bertz CT molecular complexity index is 1000. The minimum absolute atomic E-state index is 0.101. The fourth-order valence-electron chi connectivity index (χ4n) is 2.86. The van der Waals surface area contributed by atoms with Crippen LogP contribution in [-0.2, 0) is 9.59 Å². The zero-order valence-electron chi connectivity index (χ0n) is 16.1. The molecule has 3 rings (SSSR count). The number of rotatable bonds is 7. The van der Waals surface area contributed by atoms with Gasteiger partial charge in [0.05, 0.1) is 21.3 Å². The van der Waals surface area contributed by atoms with Crippen LogP contribution in [0.1, 0.15) is 19.8 Å². The van der Waals surface area contributed by atoms with E-state index >= 15 is 0 Å². The van der Waals surface area contributed by atoms with Crippen molar-refractivity contribution in [2.45, 2.75) is 25.0 Å². The number of amidine groups is 1. The van der Waals surface area contributed by atoms with Crippen LogP contribution in [0.5, 0.6) is 0 Å². The Morgan fingerprint density at radius 1 is 1.30 bits per heavy atom. The molecular formula is C20H19ClN4O4S. The Morgan fingerprint density at radius 2 is 2.03 bits per heavy atom. The van der Waals surface area contributed by atoms with E-state index in [0.29, 0.717) is 11.7 Å². The lowest BCUT2D eigenvalue weighted by Crippen LogP contribution is -2.34. The molecule has 8 nitrogen and oxygen atoms in total. The predicted octanol–water partition coefficient (Wildman–Crippen LogP) is 4.62. The van der Waals surface area contributed by atoms with E-state index in [2.05, 4.69) is 10.3 Å². The number of nitro groups is 1. The Kier molecular flexibility index (Phi) is 7.07. The molecule has 0 aromatic heterocycles. The number of nitrogens with one attached hydrogen (secondary N) is 1. The number of halogens is 1. The lowest BCUT2D eigenvalue weighted by Gasteiger charge is -2.15. The summed E-state index contributed by atoms with van der Waals surface area (Å²) >= 11 is 7.27. The van der Waals surface area contributed by atoms with E-state index in [4.69, 9.17) is 11.6 Å². The maximum absolute atomic E-state index is 12.8. The summed E-state index contributed by atoms with van der Waals surface area (Å²) in [6.45, 7) is 2.47. The number of amides is 2. The van der Waals surface area contributed by atoms with Crippen LogP contribution >= 0.6 is 23.4 Å². The second kappa shape index (κ2) is 9.73. The first-order valence-corrected chi connectivity index (χ1v) is 10.5. The minimum atomic E-state index is -0.628. The summed E-state index contributed by atoms with van der Waals surface area (Å²) in [4.78, 5) is 41.8. The van der Waals surface area contributed by atoms with Crippen molar-refractivity contribution >= 4 is 57.4 Å². The van der Waals surface area contributed by atoms with Crippen molar-refractivity contribution in [3.63, 3.8) is 0 Å². The van der Waals surface area contributed by atoms with Crippen molar-refractivity contribution in [1.29, 1.82) is 0 Å². The van der Waals surface area contributed by atoms with Gasteiger partial charge in [0.15, 0.2) is 5.17 Å². The number of nitrogens with zero attached hydrogens (tertiary/aromatic N) is 3. The molecular weight excluding hydrogens is 428 g/mol. The van der Waals surface area contributed by atoms with Crippen LogP contribution in [0.15, 0.2) is 53.5 Å². The Balaban J connectivity index is 1.74. The number of anilines is 1. The van der Waals surface area contributed by atoms with Crippen molar-refractivity contribution in [3.8, 4) is 0 Å². The van der Waals surface area contributed by atoms with E-state index in [1.165, 1.54) is 30.0 Å². The molecule has 0 bridgehead atoms. The highest BCUT2D eigenvalue weighted by Crippen LogP contribution is 2.33. The smallest absolute Gasteiger partial charge is 0.271 e. The molecule has 1 unspecified atom stereocenters. The summed E-state index contributed by atoms with van der Waals surface area (Å²) in [5.41, 5.74) is 0.671. The van der Waals surface area contributed by atoms with Gasteiger partial charge in [-0.05, 0) is 24.6 Å². The summed E-state index contributed by atoms with van der Waals surface area (Å²) in [7, 11) is 0. The van der Waals surface area contributed by atoms with Crippen LogP contribution < -0.4 is 5.32 Å². The number of benzene rings is 2. The molecule has 2 amide bonds. The monoisotopic (exact) mass is 446 g/mol. The fraction of sp³-hybridized carbons (Fsp3) is 0.250. The zero-order chi connectivity index (χ0) is 21.7. The quantitative estimate of drug-likeness (QED) is 0.493. The molecule has 2 aromatic carbocycles. The van der Waals surface area contributed by atoms with E-state index in [9.17, 15) is 19.7 Å². The highest BCUT2D eigenvalue weighted by atomic mass is 35.5. The van der Waals surface area contributed by atoms with Gasteiger partial charge in [-0.2, -0.15) is 0 Å². The predicted molar refractivity (Wildman–Crippen MR) is 118 cm³/mol. The van der Waals surface area contributed by atoms with Gasteiger partial charge in [-0.3, -0.25) is 24.6 Å². The number of non-ortho nitro benzene ring substituents is 1. The second-order valence-electron chi connectivity index (χ2n) is 6.50. The summed E-state index contributed by atoms with van der Waals surface area (Å²) in [5.74, 6) is -0.641. The number of hydrogen-bond acceptors (Lipinski definition) is 6. The number of carbonyl (C=O) groups is 2. The molecule has 1 saturated heterocycles.